The van der Waals surface area contributed by atoms with Gasteiger partial charge in [0.25, 0.3) is 0 Å². The highest BCUT2D eigenvalue weighted by Gasteiger charge is 2.28. The fraction of sp³-hybridized carbons (Fsp3) is 0.545. The van der Waals surface area contributed by atoms with E-state index in [9.17, 15) is 8.42 Å². The van der Waals surface area contributed by atoms with Crippen LogP contribution in [0.3, 0.4) is 0 Å². The summed E-state index contributed by atoms with van der Waals surface area (Å²) in [6.07, 6.45) is 2.42. The van der Waals surface area contributed by atoms with Crippen LogP contribution in [-0.2, 0) is 9.84 Å². The quantitative estimate of drug-likeness (QED) is 0.840. The minimum atomic E-state index is -2.92. The van der Waals surface area contributed by atoms with Crippen LogP contribution in [0, 0.1) is 0 Å². The largest absolute Gasteiger partial charge is 0.479 e. The Morgan fingerprint density at radius 1 is 1.35 bits per heavy atom. The molecule has 9 heteroatoms. The Labute approximate surface area is 115 Å². The zero-order valence-electron chi connectivity index (χ0n) is 11.0. The third-order valence-electron chi connectivity index (χ3n) is 3.55. The van der Waals surface area contributed by atoms with Crippen LogP contribution >= 0.6 is 0 Å². The summed E-state index contributed by atoms with van der Waals surface area (Å²) in [5.74, 6) is 1.00. The van der Waals surface area contributed by atoms with Crippen LogP contribution in [0.15, 0.2) is 6.33 Å². The van der Waals surface area contributed by atoms with E-state index in [1.54, 1.807) is 4.57 Å². The number of nitrogens with two attached hydrogens (primary N) is 1. The van der Waals surface area contributed by atoms with Gasteiger partial charge >= 0.3 is 0 Å². The average molecular weight is 297 g/mol. The summed E-state index contributed by atoms with van der Waals surface area (Å²) in [7, 11) is -1.41. The number of methoxy groups -OCH3 is 1. The molecule has 0 aliphatic carbocycles. The first-order valence-corrected chi connectivity index (χ1v) is 8.07. The van der Waals surface area contributed by atoms with E-state index in [0.29, 0.717) is 35.8 Å². The molecule has 3 rings (SSSR count). The lowest BCUT2D eigenvalue weighted by atomic mass is 10.1. The first kappa shape index (κ1) is 13.1. The summed E-state index contributed by atoms with van der Waals surface area (Å²) < 4.78 is 29.9. The minimum Gasteiger partial charge on any atom is -0.479 e. The molecule has 8 nitrogen and oxygen atoms in total. The second-order valence-corrected chi connectivity index (χ2v) is 7.08. The molecule has 108 valence electrons. The van der Waals surface area contributed by atoms with E-state index < -0.39 is 9.84 Å². The Kier molecular flexibility index (Phi) is 3.00. The van der Waals surface area contributed by atoms with Crippen molar-refractivity contribution in [2.75, 3.05) is 24.3 Å². The number of nitrogens with zero attached hydrogens (tertiary/aromatic N) is 4. The van der Waals surface area contributed by atoms with Gasteiger partial charge in [0.05, 0.1) is 18.6 Å². The Morgan fingerprint density at radius 3 is 2.70 bits per heavy atom. The average Bonchev–Trinajstić information content (AvgIpc) is 2.75. The highest BCUT2D eigenvalue weighted by molar-refractivity contribution is 7.91. The number of anilines is 1. The number of imidazole rings is 1. The molecule has 0 radical (unpaired) electrons. The van der Waals surface area contributed by atoms with Gasteiger partial charge in [-0.15, -0.1) is 0 Å². The highest BCUT2D eigenvalue weighted by Crippen LogP contribution is 2.31. The maximum atomic E-state index is 11.5. The molecule has 1 aliphatic rings. The van der Waals surface area contributed by atoms with Crippen molar-refractivity contribution < 1.29 is 13.2 Å². The van der Waals surface area contributed by atoms with Crippen molar-refractivity contribution in [3.05, 3.63) is 6.33 Å². The zero-order chi connectivity index (χ0) is 14.3. The molecule has 2 aromatic heterocycles. The summed E-state index contributed by atoms with van der Waals surface area (Å²) in [6, 6.07) is -0.0110. The van der Waals surface area contributed by atoms with Crippen LogP contribution in [0.4, 0.5) is 5.95 Å². The summed E-state index contributed by atoms with van der Waals surface area (Å²) >= 11 is 0. The number of fused-ring (bicyclic) bond motifs is 1. The van der Waals surface area contributed by atoms with Gasteiger partial charge in [0, 0.05) is 6.04 Å². The molecule has 3 heterocycles. The van der Waals surface area contributed by atoms with Crippen molar-refractivity contribution in [1.82, 2.24) is 19.5 Å². The second kappa shape index (κ2) is 4.58. The zero-order valence-corrected chi connectivity index (χ0v) is 11.8. The topological polar surface area (TPSA) is 113 Å². The molecule has 0 aromatic carbocycles. The van der Waals surface area contributed by atoms with Gasteiger partial charge in [-0.2, -0.15) is 4.98 Å². The number of aromatic nitrogens is 4. The van der Waals surface area contributed by atoms with E-state index in [1.165, 1.54) is 13.4 Å². The van der Waals surface area contributed by atoms with Crippen molar-refractivity contribution in [2.24, 2.45) is 0 Å². The van der Waals surface area contributed by atoms with Crippen LogP contribution < -0.4 is 10.5 Å². The van der Waals surface area contributed by atoms with Gasteiger partial charge in [-0.05, 0) is 12.8 Å². The maximum Gasteiger partial charge on any atom is 0.245 e. The van der Waals surface area contributed by atoms with Gasteiger partial charge in [-0.3, -0.25) is 4.57 Å². The minimum absolute atomic E-state index is 0.0110. The summed E-state index contributed by atoms with van der Waals surface area (Å²) in [6.45, 7) is 0. The fourth-order valence-corrected chi connectivity index (χ4v) is 4.02. The van der Waals surface area contributed by atoms with E-state index in [4.69, 9.17) is 10.5 Å². The SMILES string of the molecule is COc1ncnc2c1nc(N)n2C1CCS(=O)(=O)CC1. The highest BCUT2D eigenvalue weighted by atomic mass is 32.2. The van der Waals surface area contributed by atoms with Crippen LogP contribution in [-0.4, -0.2) is 46.6 Å². The molecule has 0 bridgehead atoms. The standard InChI is InChI=1S/C11H15N5O3S/c1-19-10-8-9(13-6-14-10)16(11(12)15-8)7-2-4-20(17,18)5-3-7/h6-7H,2-5H2,1H3,(H2,12,15). The lowest BCUT2D eigenvalue weighted by molar-refractivity contribution is 0.401. The van der Waals surface area contributed by atoms with Crippen LogP contribution in [0.5, 0.6) is 5.88 Å². The van der Waals surface area contributed by atoms with Gasteiger partial charge in [-0.25, -0.2) is 18.4 Å². The summed E-state index contributed by atoms with van der Waals surface area (Å²) in [5.41, 5.74) is 7.04. The van der Waals surface area contributed by atoms with Gasteiger partial charge in [-0.1, -0.05) is 0 Å². The van der Waals surface area contributed by atoms with Crippen molar-refractivity contribution in [1.29, 1.82) is 0 Å². The number of rotatable bonds is 2. The van der Waals surface area contributed by atoms with E-state index in [-0.39, 0.29) is 17.5 Å². The lowest BCUT2D eigenvalue weighted by Crippen LogP contribution is -2.26. The van der Waals surface area contributed by atoms with Crippen LogP contribution in [0.25, 0.3) is 11.2 Å². The normalized spacial score (nSPS) is 19.2. The predicted molar refractivity (Wildman–Crippen MR) is 73.2 cm³/mol. The molecule has 1 fully saturated rings. The molecule has 2 N–H and O–H groups in total. The number of nitrogen functional groups attached to an aromatic ring is 1. The summed E-state index contributed by atoms with van der Waals surface area (Å²) in [5, 5.41) is 0. The number of hydrogen-bond acceptors (Lipinski definition) is 7. The molecule has 0 saturated carbocycles. The van der Waals surface area contributed by atoms with Gasteiger partial charge in [0.15, 0.2) is 11.2 Å². The molecule has 0 amide bonds. The van der Waals surface area contributed by atoms with Crippen molar-refractivity contribution in [3.8, 4) is 5.88 Å². The fourth-order valence-electron chi connectivity index (χ4n) is 2.55. The van der Waals surface area contributed by atoms with Crippen molar-refractivity contribution >= 4 is 26.9 Å². The third kappa shape index (κ3) is 2.07. The Balaban J connectivity index is 2.06. The molecular formula is C11H15N5O3S. The molecule has 1 aliphatic heterocycles. The van der Waals surface area contributed by atoms with Crippen LogP contribution in [0.1, 0.15) is 18.9 Å². The summed E-state index contributed by atoms with van der Waals surface area (Å²) in [4.78, 5) is 12.4. The van der Waals surface area contributed by atoms with Gasteiger partial charge in [0.2, 0.25) is 11.8 Å². The Morgan fingerprint density at radius 2 is 2.05 bits per heavy atom. The molecule has 0 spiro atoms. The predicted octanol–water partition coefficient (Wildman–Crippen LogP) is 0.167. The Hall–Kier alpha value is -1.90. The van der Waals surface area contributed by atoms with E-state index in [0.717, 1.165) is 0 Å². The maximum absolute atomic E-state index is 11.5. The molecule has 0 unspecified atom stereocenters. The number of sulfone groups is 1. The number of ether oxygens (including phenoxy) is 1. The molecule has 0 atom stereocenters. The van der Waals surface area contributed by atoms with Gasteiger partial charge < -0.3 is 10.5 Å². The molecular weight excluding hydrogens is 282 g/mol. The molecule has 1 saturated heterocycles. The van der Waals surface area contributed by atoms with E-state index >= 15 is 0 Å². The lowest BCUT2D eigenvalue weighted by Gasteiger charge is -2.24. The van der Waals surface area contributed by atoms with Crippen molar-refractivity contribution in [3.63, 3.8) is 0 Å². The number of hydrogen-bond donors (Lipinski definition) is 1. The van der Waals surface area contributed by atoms with E-state index in [2.05, 4.69) is 15.0 Å². The van der Waals surface area contributed by atoms with Crippen molar-refractivity contribution in [2.45, 2.75) is 18.9 Å². The smallest absolute Gasteiger partial charge is 0.245 e. The van der Waals surface area contributed by atoms with E-state index in [1.807, 2.05) is 0 Å². The molecule has 2 aromatic rings. The second-order valence-electron chi connectivity index (χ2n) is 4.78. The third-order valence-corrected chi connectivity index (χ3v) is 5.27. The first-order valence-electron chi connectivity index (χ1n) is 6.24. The first-order chi connectivity index (χ1) is 9.52. The van der Waals surface area contributed by atoms with Crippen LogP contribution in [0.2, 0.25) is 0 Å². The monoisotopic (exact) mass is 297 g/mol. The van der Waals surface area contributed by atoms with Gasteiger partial charge in [0.1, 0.15) is 16.2 Å². The molecule has 20 heavy (non-hydrogen) atoms. The Bertz CT molecular complexity index is 741.